The SMILES string of the molecule is COCC1CN(C(=O)OC(C)(C)C)CCC1O. The van der Waals surface area contributed by atoms with Gasteiger partial charge in [0.05, 0.1) is 12.7 Å². The minimum absolute atomic E-state index is 0.0266. The van der Waals surface area contributed by atoms with E-state index in [4.69, 9.17) is 9.47 Å². The normalized spacial score (nSPS) is 25.8. The maximum atomic E-state index is 11.9. The highest BCUT2D eigenvalue weighted by atomic mass is 16.6. The van der Waals surface area contributed by atoms with Gasteiger partial charge >= 0.3 is 6.09 Å². The van der Waals surface area contributed by atoms with E-state index < -0.39 is 11.7 Å². The maximum absolute atomic E-state index is 11.9. The summed E-state index contributed by atoms with van der Waals surface area (Å²) in [5, 5.41) is 9.77. The Morgan fingerprint density at radius 3 is 2.65 bits per heavy atom. The third kappa shape index (κ3) is 4.52. The molecule has 1 aliphatic rings. The van der Waals surface area contributed by atoms with Crippen molar-refractivity contribution in [2.75, 3.05) is 26.8 Å². The Hall–Kier alpha value is -0.810. The lowest BCUT2D eigenvalue weighted by Crippen LogP contribution is -2.48. The fourth-order valence-electron chi connectivity index (χ4n) is 1.89. The Labute approximate surface area is 103 Å². The summed E-state index contributed by atoms with van der Waals surface area (Å²) < 4.78 is 10.3. The molecule has 1 fully saturated rings. The number of carbonyl (C=O) groups is 1. The maximum Gasteiger partial charge on any atom is 0.410 e. The second-order valence-electron chi connectivity index (χ2n) is 5.50. The fraction of sp³-hybridized carbons (Fsp3) is 0.917. The van der Waals surface area contributed by atoms with Crippen LogP contribution in [0.15, 0.2) is 0 Å². The number of aliphatic hydroxyl groups excluding tert-OH is 1. The van der Waals surface area contributed by atoms with Gasteiger partial charge < -0.3 is 19.5 Å². The highest BCUT2D eigenvalue weighted by molar-refractivity contribution is 5.68. The molecule has 5 nitrogen and oxygen atoms in total. The number of rotatable bonds is 2. The van der Waals surface area contributed by atoms with Crippen LogP contribution < -0.4 is 0 Å². The van der Waals surface area contributed by atoms with Gasteiger partial charge in [0.2, 0.25) is 0 Å². The van der Waals surface area contributed by atoms with E-state index in [2.05, 4.69) is 0 Å². The van der Waals surface area contributed by atoms with Gasteiger partial charge in [-0.25, -0.2) is 4.79 Å². The van der Waals surface area contributed by atoms with Crippen molar-refractivity contribution in [2.45, 2.75) is 38.9 Å². The molecule has 1 saturated heterocycles. The minimum Gasteiger partial charge on any atom is -0.444 e. The van der Waals surface area contributed by atoms with Gasteiger partial charge in [-0.15, -0.1) is 0 Å². The van der Waals surface area contributed by atoms with E-state index in [9.17, 15) is 9.90 Å². The number of carbonyl (C=O) groups excluding carboxylic acids is 1. The van der Waals surface area contributed by atoms with Crippen LogP contribution in [-0.4, -0.2) is 54.6 Å². The highest BCUT2D eigenvalue weighted by Crippen LogP contribution is 2.20. The fourth-order valence-corrected chi connectivity index (χ4v) is 1.89. The first-order chi connectivity index (χ1) is 7.83. The first kappa shape index (κ1) is 14.3. The summed E-state index contributed by atoms with van der Waals surface area (Å²) in [6, 6.07) is 0. The Kier molecular flexibility index (Phi) is 4.77. The Morgan fingerprint density at radius 1 is 1.47 bits per heavy atom. The van der Waals surface area contributed by atoms with E-state index in [1.807, 2.05) is 20.8 Å². The van der Waals surface area contributed by atoms with Crippen molar-refractivity contribution in [1.29, 1.82) is 0 Å². The van der Waals surface area contributed by atoms with Crippen molar-refractivity contribution in [1.82, 2.24) is 4.90 Å². The second-order valence-corrected chi connectivity index (χ2v) is 5.50. The molecule has 1 amide bonds. The summed E-state index contributed by atoms with van der Waals surface area (Å²) in [4.78, 5) is 13.5. The number of ether oxygens (including phenoxy) is 2. The number of amides is 1. The van der Waals surface area contributed by atoms with Crippen molar-refractivity contribution in [2.24, 2.45) is 5.92 Å². The summed E-state index contributed by atoms with van der Waals surface area (Å²) in [5.41, 5.74) is -0.482. The predicted octanol–water partition coefficient (Wildman–Crippen LogP) is 1.25. The van der Waals surface area contributed by atoms with Crippen LogP contribution in [0.25, 0.3) is 0 Å². The van der Waals surface area contributed by atoms with Crippen molar-refractivity contribution < 1.29 is 19.4 Å². The number of likely N-dealkylation sites (tertiary alicyclic amines) is 1. The van der Waals surface area contributed by atoms with Crippen molar-refractivity contribution in [3.05, 3.63) is 0 Å². The number of aliphatic hydroxyl groups is 1. The molecule has 0 aromatic heterocycles. The zero-order valence-electron chi connectivity index (χ0n) is 11.1. The van der Waals surface area contributed by atoms with Gasteiger partial charge in [0.1, 0.15) is 5.60 Å². The van der Waals surface area contributed by atoms with Crippen LogP contribution in [0.3, 0.4) is 0 Å². The summed E-state index contributed by atoms with van der Waals surface area (Å²) in [6.07, 6.45) is -0.132. The van der Waals surface area contributed by atoms with E-state index in [1.54, 1.807) is 12.0 Å². The Morgan fingerprint density at radius 2 is 2.12 bits per heavy atom. The van der Waals surface area contributed by atoms with E-state index in [0.717, 1.165) is 0 Å². The number of piperidine rings is 1. The van der Waals surface area contributed by atoms with Crippen molar-refractivity contribution >= 4 is 6.09 Å². The van der Waals surface area contributed by atoms with Crippen LogP contribution in [0.1, 0.15) is 27.2 Å². The molecule has 2 atom stereocenters. The lowest BCUT2D eigenvalue weighted by atomic mass is 9.96. The zero-order valence-corrected chi connectivity index (χ0v) is 11.1. The van der Waals surface area contributed by atoms with Crippen molar-refractivity contribution in [3.63, 3.8) is 0 Å². The van der Waals surface area contributed by atoms with Crippen LogP contribution in [0.5, 0.6) is 0 Å². The molecule has 1 heterocycles. The zero-order chi connectivity index (χ0) is 13.1. The molecule has 100 valence electrons. The molecule has 2 unspecified atom stereocenters. The van der Waals surface area contributed by atoms with Crippen LogP contribution >= 0.6 is 0 Å². The van der Waals surface area contributed by atoms with E-state index in [1.165, 1.54) is 0 Å². The van der Waals surface area contributed by atoms with Gasteiger partial charge in [-0.2, -0.15) is 0 Å². The van der Waals surface area contributed by atoms with Gasteiger partial charge in [-0.1, -0.05) is 0 Å². The van der Waals surface area contributed by atoms with Crippen LogP contribution in [0, 0.1) is 5.92 Å². The van der Waals surface area contributed by atoms with Crippen LogP contribution in [-0.2, 0) is 9.47 Å². The molecule has 17 heavy (non-hydrogen) atoms. The molecule has 0 radical (unpaired) electrons. The second kappa shape index (κ2) is 5.69. The molecule has 0 aromatic carbocycles. The number of hydrogen-bond acceptors (Lipinski definition) is 4. The molecule has 0 bridgehead atoms. The van der Waals surface area contributed by atoms with E-state index in [0.29, 0.717) is 26.1 Å². The van der Waals surface area contributed by atoms with Gasteiger partial charge in [0, 0.05) is 26.1 Å². The van der Waals surface area contributed by atoms with Crippen LogP contribution in [0.2, 0.25) is 0 Å². The third-order valence-corrected chi connectivity index (χ3v) is 2.73. The van der Waals surface area contributed by atoms with Crippen LogP contribution in [0.4, 0.5) is 4.79 Å². The Balaban J connectivity index is 2.52. The third-order valence-electron chi connectivity index (χ3n) is 2.73. The highest BCUT2D eigenvalue weighted by Gasteiger charge is 2.32. The summed E-state index contributed by atoms with van der Waals surface area (Å²) in [7, 11) is 1.60. The van der Waals surface area contributed by atoms with Gasteiger partial charge in [0.15, 0.2) is 0 Å². The summed E-state index contributed by atoms with van der Waals surface area (Å²) >= 11 is 0. The largest absolute Gasteiger partial charge is 0.444 e. The van der Waals surface area contributed by atoms with Gasteiger partial charge in [-0.05, 0) is 27.2 Å². The summed E-state index contributed by atoms with van der Waals surface area (Å²) in [6.45, 7) is 7.02. The standard InChI is InChI=1S/C12H23NO4/c1-12(2,3)17-11(15)13-6-5-10(14)9(7-13)8-16-4/h9-10,14H,5-8H2,1-4H3. The van der Waals surface area contributed by atoms with E-state index in [-0.39, 0.29) is 12.0 Å². The monoisotopic (exact) mass is 245 g/mol. The average molecular weight is 245 g/mol. The smallest absolute Gasteiger partial charge is 0.410 e. The minimum atomic E-state index is -0.482. The Bertz CT molecular complexity index is 262. The lowest BCUT2D eigenvalue weighted by Gasteiger charge is -2.36. The molecule has 0 aromatic rings. The molecule has 0 aliphatic carbocycles. The molecule has 0 saturated carbocycles. The average Bonchev–Trinajstić information content (AvgIpc) is 2.19. The first-order valence-corrected chi connectivity index (χ1v) is 5.98. The number of methoxy groups -OCH3 is 1. The molecule has 1 N–H and O–H groups in total. The number of hydrogen-bond donors (Lipinski definition) is 1. The molecule has 1 rings (SSSR count). The topological polar surface area (TPSA) is 59.0 Å². The lowest BCUT2D eigenvalue weighted by molar-refractivity contribution is -0.0262. The molecular formula is C12H23NO4. The van der Waals surface area contributed by atoms with Gasteiger partial charge in [0.25, 0.3) is 0 Å². The first-order valence-electron chi connectivity index (χ1n) is 5.98. The number of nitrogens with zero attached hydrogens (tertiary/aromatic N) is 1. The van der Waals surface area contributed by atoms with Crippen molar-refractivity contribution in [3.8, 4) is 0 Å². The molecular weight excluding hydrogens is 222 g/mol. The van der Waals surface area contributed by atoms with E-state index >= 15 is 0 Å². The molecule has 1 aliphatic heterocycles. The molecule has 0 spiro atoms. The molecule has 5 heteroatoms. The summed E-state index contributed by atoms with van der Waals surface area (Å²) in [5.74, 6) is -0.0266. The quantitative estimate of drug-likeness (QED) is 0.795. The van der Waals surface area contributed by atoms with Gasteiger partial charge in [-0.3, -0.25) is 0 Å². The predicted molar refractivity (Wildman–Crippen MR) is 63.8 cm³/mol.